The number of allylic oxidation sites excluding steroid dienone is 1. The average molecular weight is 436 g/mol. The molecular weight excluding hydrogens is 394 g/mol. The molecule has 32 heavy (non-hydrogen) atoms. The molecule has 0 aromatic carbocycles. The lowest BCUT2D eigenvalue weighted by atomic mass is 9.60. The fourth-order valence-corrected chi connectivity index (χ4v) is 5.03. The Balaban J connectivity index is 0.000000686. The van der Waals surface area contributed by atoms with Crippen LogP contribution in [0.25, 0.3) is 23.4 Å². The van der Waals surface area contributed by atoms with Gasteiger partial charge in [-0.2, -0.15) is 0 Å². The molecule has 4 heteroatoms. The summed E-state index contributed by atoms with van der Waals surface area (Å²) in [5.74, 6) is 1.63. The van der Waals surface area contributed by atoms with E-state index in [-0.39, 0.29) is 0 Å². The minimum atomic E-state index is 0.542. The molecule has 5 rings (SSSR count). The number of pyridine rings is 1. The van der Waals surface area contributed by atoms with Gasteiger partial charge < -0.3 is 9.84 Å². The van der Waals surface area contributed by atoms with Gasteiger partial charge in [0.1, 0.15) is 11.5 Å². The molecule has 3 fully saturated rings. The van der Waals surface area contributed by atoms with Crippen molar-refractivity contribution < 1.29 is 4.52 Å². The van der Waals surface area contributed by atoms with E-state index >= 15 is 0 Å². The van der Waals surface area contributed by atoms with Gasteiger partial charge in [0.25, 0.3) is 0 Å². The molecule has 1 N–H and O–H groups in total. The van der Waals surface area contributed by atoms with E-state index in [1.54, 1.807) is 5.57 Å². The van der Waals surface area contributed by atoms with Gasteiger partial charge in [-0.25, -0.2) is 0 Å². The molecule has 1 saturated heterocycles. The fraction of sp³-hybridized carbons (Fsp3) is 0.571. The second kappa shape index (κ2) is 11.1. The maximum absolute atomic E-state index is 5.92. The van der Waals surface area contributed by atoms with Crippen LogP contribution < -0.4 is 5.32 Å². The first-order valence-electron chi connectivity index (χ1n) is 12.7. The smallest absolute Gasteiger partial charge is 0.147 e. The van der Waals surface area contributed by atoms with E-state index in [0.29, 0.717) is 11.3 Å². The zero-order chi connectivity index (χ0) is 23.1. The van der Waals surface area contributed by atoms with Crippen LogP contribution >= 0.6 is 0 Å². The van der Waals surface area contributed by atoms with Crippen molar-refractivity contribution in [3.05, 3.63) is 47.0 Å². The van der Waals surface area contributed by atoms with E-state index in [1.165, 1.54) is 62.7 Å². The van der Waals surface area contributed by atoms with Crippen molar-refractivity contribution in [3.8, 4) is 11.3 Å². The highest BCUT2D eigenvalue weighted by Gasteiger charge is 2.41. The highest BCUT2D eigenvalue weighted by atomic mass is 16.5. The van der Waals surface area contributed by atoms with Crippen molar-refractivity contribution in [2.45, 2.75) is 85.5 Å². The number of hydrogen-bond acceptors (Lipinski definition) is 4. The third kappa shape index (κ3) is 4.91. The van der Waals surface area contributed by atoms with Gasteiger partial charge in [0, 0.05) is 35.0 Å². The second-order valence-electron chi connectivity index (χ2n) is 8.81. The number of aromatic nitrogens is 2. The van der Waals surface area contributed by atoms with Gasteiger partial charge in [0.2, 0.25) is 0 Å². The monoisotopic (exact) mass is 435 g/mol. The Morgan fingerprint density at radius 1 is 1.12 bits per heavy atom. The van der Waals surface area contributed by atoms with Gasteiger partial charge in [0.05, 0.1) is 0 Å². The highest BCUT2D eigenvalue weighted by molar-refractivity contribution is 5.82. The molecule has 1 spiro atoms. The molecule has 2 aromatic heterocycles. The van der Waals surface area contributed by atoms with Crippen LogP contribution in [0.5, 0.6) is 0 Å². The van der Waals surface area contributed by atoms with Gasteiger partial charge in [-0.05, 0) is 75.1 Å². The Bertz CT molecular complexity index is 920. The maximum atomic E-state index is 5.92. The van der Waals surface area contributed by atoms with E-state index < -0.39 is 0 Å². The number of rotatable bonds is 5. The Morgan fingerprint density at radius 2 is 1.81 bits per heavy atom. The van der Waals surface area contributed by atoms with Crippen LogP contribution in [0.2, 0.25) is 0 Å². The molecular formula is C28H41N3O. The Hall–Kier alpha value is -2.20. The number of nitrogens with one attached hydrogen (secondary N) is 1. The summed E-state index contributed by atoms with van der Waals surface area (Å²) < 4.78 is 5.92. The first-order valence-corrected chi connectivity index (χ1v) is 12.7. The minimum absolute atomic E-state index is 0.542. The number of hydrogen-bond donors (Lipinski definition) is 1. The van der Waals surface area contributed by atoms with Crippen molar-refractivity contribution in [1.82, 2.24) is 15.5 Å². The molecule has 2 aromatic rings. The SMILES string of the molecule is C=Cc1cncc(CC)c1-c1noc(C2CC2)c1C=C1CC2(CCNCC2)C1.CC.CC. The number of aryl methyl sites for hydroxylation is 1. The summed E-state index contributed by atoms with van der Waals surface area (Å²) in [7, 11) is 0. The van der Waals surface area contributed by atoms with Crippen molar-refractivity contribution in [2.75, 3.05) is 13.1 Å². The van der Waals surface area contributed by atoms with E-state index in [0.717, 1.165) is 29.0 Å². The lowest BCUT2D eigenvalue weighted by molar-refractivity contribution is 0.143. The largest absolute Gasteiger partial charge is 0.360 e. The predicted molar refractivity (Wildman–Crippen MR) is 136 cm³/mol. The van der Waals surface area contributed by atoms with Crippen LogP contribution in [-0.4, -0.2) is 23.2 Å². The van der Waals surface area contributed by atoms with Crippen molar-refractivity contribution >= 4 is 12.2 Å². The number of nitrogens with zero attached hydrogens (tertiary/aromatic N) is 2. The lowest BCUT2D eigenvalue weighted by Crippen LogP contribution is -2.42. The van der Waals surface area contributed by atoms with Crippen LogP contribution in [0.4, 0.5) is 0 Å². The van der Waals surface area contributed by atoms with E-state index in [1.807, 2.05) is 46.2 Å². The normalized spacial score (nSPS) is 18.6. The molecule has 1 aliphatic heterocycles. The molecule has 2 aliphatic carbocycles. The van der Waals surface area contributed by atoms with Crippen LogP contribution in [0.3, 0.4) is 0 Å². The van der Waals surface area contributed by atoms with Crippen molar-refractivity contribution in [1.29, 1.82) is 0 Å². The molecule has 3 aliphatic rings. The number of piperidine rings is 1. The topological polar surface area (TPSA) is 51.0 Å². The van der Waals surface area contributed by atoms with Gasteiger partial charge in [-0.15, -0.1) is 0 Å². The average Bonchev–Trinajstić information content (AvgIpc) is 3.61. The summed E-state index contributed by atoms with van der Waals surface area (Å²) in [5.41, 5.74) is 7.69. The van der Waals surface area contributed by atoms with E-state index in [2.05, 4.69) is 35.0 Å². The highest BCUT2D eigenvalue weighted by Crippen LogP contribution is 2.53. The second-order valence-corrected chi connectivity index (χ2v) is 8.81. The molecule has 0 radical (unpaired) electrons. The molecule has 0 amide bonds. The van der Waals surface area contributed by atoms with Crippen LogP contribution in [0, 0.1) is 5.41 Å². The van der Waals surface area contributed by atoms with Crippen LogP contribution in [0.15, 0.2) is 29.1 Å². The maximum Gasteiger partial charge on any atom is 0.147 e. The van der Waals surface area contributed by atoms with Gasteiger partial charge in [-0.1, -0.05) is 58.0 Å². The molecule has 174 valence electrons. The van der Waals surface area contributed by atoms with Crippen LogP contribution in [-0.2, 0) is 6.42 Å². The molecule has 3 heterocycles. The summed E-state index contributed by atoms with van der Waals surface area (Å²) >= 11 is 0. The quantitative estimate of drug-likeness (QED) is 0.531. The molecule has 0 unspecified atom stereocenters. The van der Waals surface area contributed by atoms with Crippen molar-refractivity contribution in [2.24, 2.45) is 5.41 Å². The Morgan fingerprint density at radius 3 is 2.41 bits per heavy atom. The third-order valence-corrected chi connectivity index (χ3v) is 6.81. The van der Waals surface area contributed by atoms with E-state index in [4.69, 9.17) is 4.52 Å². The first-order chi connectivity index (χ1) is 15.7. The summed E-state index contributed by atoms with van der Waals surface area (Å²) in [4.78, 5) is 4.39. The molecule has 2 saturated carbocycles. The summed E-state index contributed by atoms with van der Waals surface area (Å²) in [6.07, 6.45) is 16.6. The first kappa shape index (κ1) is 24.4. The van der Waals surface area contributed by atoms with E-state index in [9.17, 15) is 0 Å². The van der Waals surface area contributed by atoms with Gasteiger partial charge in [0.15, 0.2) is 0 Å². The lowest BCUT2D eigenvalue weighted by Gasteiger charge is -2.47. The molecule has 0 bridgehead atoms. The fourth-order valence-electron chi connectivity index (χ4n) is 5.03. The van der Waals surface area contributed by atoms with Gasteiger partial charge in [-0.3, -0.25) is 4.98 Å². The van der Waals surface area contributed by atoms with Crippen LogP contribution in [0.1, 0.15) is 102 Å². The zero-order valence-electron chi connectivity index (χ0n) is 20.8. The van der Waals surface area contributed by atoms with Gasteiger partial charge >= 0.3 is 0 Å². The zero-order valence-corrected chi connectivity index (χ0v) is 20.8. The molecule has 4 nitrogen and oxygen atoms in total. The summed E-state index contributed by atoms with van der Waals surface area (Å²) in [6.45, 7) is 16.5. The van der Waals surface area contributed by atoms with Crippen molar-refractivity contribution in [3.63, 3.8) is 0 Å². The Kier molecular flexibility index (Phi) is 8.47. The third-order valence-electron chi connectivity index (χ3n) is 6.81. The summed E-state index contributed by atoms with van der Waals surface area (Å²) in [5, 5.41) is 8.07. The summed E-state index contributed by atoms with van der Waals surface area (Å²) in [6, 6.07) is 0. The Labute approximate surface area is 194 Å². The standard InChI is InChI=1S/C24H29N3O.2C2H6/c1-3-17-14-26-15-18(4-2)21(17)22-20(23(28-27-22)19-5-6-19)11-16-12-24(13-16)7-9-25-10-8-24;2*1-2/h3,11,14-15,19,25H,1,4-10,12-13H2,2H3;2*1-2H3. The minimum Gasteiger partial charge on any atom is -0.360 e. The predicted octanol–water partition coefficient (Wildman–Crippen LogP) is 7.42. The molecule has 0 atom stereocenters.